The zero-order chi connectivity index (χ0) is 17.9. The fraction of sp³-hybridized carbons (Fsp3) is 0.500. The van der Waals surface area contributed by atoms with Crippen molar-refractivity contribution >= 4 is 17.8 Å². The predicted molar refractivity (Wildman–Crippen MR) is 88.9 cm³/mol. The highest BCUT2D eigenvalue weighted by molar-refractivity contribution is 6.07. The number of hydrogen-bond acceptors (Lipinski definition) is 3. The molecule has 1 heterocycles. The highest BCUT2D eigenvalue weighted by Gasteiger charge is 2.50. The van der Waals surface area contributed by atoms with E-state index in [0.29, 0.717) is 18.4 Å². The summed E-state index contributed by atoms with van der Waals surface area (Å²) in [5.74, 6) is -0.927. The maximum Gasteiger partial charge on any atom is 0.325 e. The molecule has 0 bridgehead atoms. The van der Waals surface area contributed by atoms with E-state index in [4.69, 9.17) is 0 Å². The number of urea groups is 1. The zero-order valence-electron chi connectivity index (χ0n) is 14.0. The molecule has 2 fully saturated rings. The molecule has 134 valence electrons. The van der Waals surface area contributed by atoms with Gasteiger partial charge in [0.05, 0.1) is 0 Å². The van der Waals surface area contributed by atoms with Crippen molar-refractivity contribution in [2.75, 3.05) is 6.54 Å². The van der Waals surface area contributed by atoms with Crippen molar-refractivity contribution in [3.63, 3.8) is 0 Å². The molecule has 2 aliphatic rings. The van der Waals surface area contributed by atoms with Crippen LogP contribution in [-0.4, -0.2) is 34.8 Å². The van der Waals surface area contributed by atoms with Gasteiger partial charge in [0.25, 0.3) is 5.91 Å². The van der Waals surface area contributed by atoms with E-state index in [-0.39, 0.29) is 37.1 Å². The van der Waals surface area contributed by atoms with E-state index in [1.165, 1.54) is 6.07 Å². The average Bonchev–Trinajstić information content (AvgIpc) is 2.83. The van der Waals surface area contributed by atoms with Gasteiger partial charge in [-0.15, -0.1) is 0 Å². The Labute approximate surface area is 145 Å². The number of imide groups is 1. The molecular formula is C18H22FN3O3. The van der Waals surface area contributed by atoms with Crippen LogP contribution in [0.4, 0.5) is 9.18 Å². The Balaban J connectivity index is 1.51. The van der Waals surface area contributed by atoms with Crippen molar-refractivity contribution in [2.24, 2.45) is 0 Å². The van der Waals surface area contributed by atoms with Crippen LogP contribution in [0.1, 0.15) is 44.1 Å². The Hall–Kier alpha value is -2.44. The molecule has 1 aromatic carbocycles. The van der Waals surface area contributed by atoms with Gasteiger partial charge in [-0.1, -0.05) is 37.5 Å². The summed E-state index contributed by atoms with van der Waals surface area (Å²) in [6, 6.07) is 5.78. The Morgan fingerprint density at radius 1 is 1.20 bits per heavy atom. The van der Waals surface area contributed by atoms with Crippen LogP contribution in [-0.2, 0) is 16.1 Å². The highest BCUT2D eigenvalue weighted by atomic mass is 19.1. The molecule has 6 nitrogen and oxygen atoms in total. The van der Waals surface area contributed by atoms with Crippen molar-refractivity contribution in [1.29, 1.82) is 0 Å². The molecule has 2 N–H and O–H groups in total. The largest absolute Gasteiger partial charge is 0.352 e. The smallest absolute Gasteiger partial charge is 0.325 e. The van der Waals surface area contributed by atoms with Crippen molar-refractivity contribution in [3.8, 4) is 0 Å². The summed E-state index contributed by atoms with van der Waals surface area (Å²) in [5, 5.41) is 5.43. The molecule has 3 rings (SSSR count). The monoisotopic (exact) mass is 347 g/mol. The lowest BCUT2D eigenvalue weighted by Crippen LogP contribution is -2.48. The minimum atomic E-state index is -0.765. The molecule has 25 heavy (non-hydrogen) atoms. The van der Waals surface area contributed by atoms with Gasteiger partial charge in [0.2, 0.25) is 5.91 Å². The molecule has 0 radical (unpaired) electrons. The van der Waals surface area contributed by atoms with Crippen LogP contribution in [0.3, 0.4) is 0 Å². The van der Waals surface area contributed by atoms with Crippen LogP contribution < -0.4 is 10.6 Å². The fourth-order valence-corrected chi connectivity index (χ4v) is 3.51. The molecule has 1 aliphatic carbocycles. The first kappa shape index (κ1) is 17.4. The van der Waals surface area contributed by atoms with E-state index in [0.717, 1.165) is 24.2 Å². The highest BCUT2D eigenvalue weighted by Crippen LogP contribution is 2.33. The van der Waals surface area contributed by atoms with Crippen LogP contribution in [0, 0.1) is 5.82 Å². The van der Waals surface area contributed by atoms with Crippen molar-refractivity contribution < 1.29 is 18.8 Å². The first-order valence-corrected chi connectivity index (χ1v) is 8.66. The first-order valence-electron chi connectivity index (χ1n) is 8.66. The van der Waals surface area contributed by atoms with Gasteiger partial charge in [-0.05, 0) is 18.9 Å². The number of carbonyl (C=O) groups excluding carboxylic acids is 3. The molecule has 7 heteroatoms. The van der Waals surface area contributed by atoms with E-state index < -0.39 is 11.6 Å². The molecule has 1 aromatic rings. The maximum absolute atomic E-state index is 13.5. The van der Waals surface area contributed by atoms with Gasteiger partial charge < -0.3 is 10.6 Å². The quantitative estimate of drug-likeness (QED) is 0.801. The molecule has 0 atom stereocenters. The van der Waals surface area contributed by atoms with E-state index >= 15 is 0 Å². The first-order chi connectivity index (χ1) is 12.0. The van der Waals surface area contributed by atoms with Crippen LogP contribution in [0.25, 0.3) is 0 Å². The van der Waals surface area contributed by atoms with Crippen LogP contribution in [0.5, 0.6) is 0 Å². The molecule has 0 aromatic heterocycles. The van der Waals surface area contributed by atoms with E-state index in [1.807, 2.05) is 0 Å². The van der Waals surface area contributed by atoms with Gasteiger partial charge in [-0.3, -0.25) is 14.5 Å². The molecule has 1 aliphatic heterocycles. The minimum absolute atomic E-state index is 0.00366. The van der Waals surface area contributed by atoms with Gasteiger partial charge in [0, 0.05) is 25.1 Å². The lowest BCUT2D eigenvalue weighted by molar-refractivity contribution is -0.132. The molecular weight excluding hydrogens is 325 g/mol. The number of nitrogens with zero attached hydrogens (tertiary/aromatic N) is 1. The molecule has 4 amide bonds. The second-order valence-corrected chi connectivity index (χ2v) is 6.65. The summed E-state index contributed by atoms with van der Waals surface area (Å²) >= 11 is 0. The number of nitrogens with one attached hydrogen (secondary N) is 2. The second kappa shape index (κ2) is 7.21. The van der Waals surface area contributed by atoms with Gasteiger partial charge in [0.15, 0.2) is 0 Å². The van der Waals surface area contributed by atoms with Gasteiger partial charge in [-0.2, -0.15) is 0 Å². The fourth-order valence-electron chi connectivity index (χ4n) is 3.51. The number of rotatable bonds is 5. The third kappa shape index (κ3) is 3.65. The predicted octanol–water partition coefficient (Wildman–Crippen LogP) is 2.09. The lowest BCUT2D eigenvalue weighted by Gasteiger charge is -2.30. The zero-order valence-corrected chi connectivity index (χ0v) is 14.0. The summed E-state index contributed by atoms with van der Waals surface area (Å²) < 4.78 is 13.5. The number of hydrogen-bond donors (Lipinski definition) is 2. The maximum atomic E-state index is 13.5. The lowest BCUT2D eigenvalue weighted by atomic mass is 9.82. The van der Waals surface area contributed by atoms with Crippen LogP contribution in [0.15, 0.2) is 24.3 Å². The molecule has 1 saturated carbocycles. The summed E-state index contributed by atoms with van der Waals surface area (Å²) in [6.07, 6.45) is 4.24. The van der Waals surface area contributed by atoms with Crippen LogP contribution >= 0.6 is 0 Å². The van der Waals surface area contributed by atoms with Crippen molar-refractivity contribution in [2.45, 2.75) is 50.6 Å². The Kier molecular flexibility index (Phi) is 5.01. The molecule has 1 spiro atoms. The van der Waals surface area contributed by atoms with Gasteiger partial charge >= 0.3 is 6.03 Å². The minimum Gasteiger partial charge on any atom is -0.352 e. The Morgan fingerprint density at radius 2 is 1.92 bits per heavy atom. The van der Waals surface area contributed by atoms with Crippen LogP contribution in [0.2, 0.25) is 0 Å². The molecule has 1 saturated heterocycles. The summed E-state index contributed by atoms with van der Waals surface area (Å²) in [4.78, 5) is 37.8. The average molecular weight is 347 g/mol. The Bertz CT molecular complexity index is 686. The molecule has 0 unspecified atom stereocenters. The van der Waals surface area contributed by atoms with E-state index in [9.17, 15) is 18.8 Å². The Morgan fingerprint density at radius 3 is 2.64 bits per heavy atom. The standard InChI is InChI=1S/C18H22FN3O3/c19-14-7-3-2-6-13(14)12-20-15(23)8-11-22-16(24)18(21-17(22)25)9-4-1-5-10-18/h2-3,6-7H,1,4-5,8-12H2,(H,20,23)(H,21,25). The van der Waals surface area contributed by atoms with Gasteiger partial charge in [0.1, 0.15) is 11.4 Å². The van der Waals surface area contributed by atoms with E-state index in [1.54, 1.807) is 18.2 Å². The number of benzene rings is 1. The normalized spacial score (nSPS) is 19.2. The summed E-state index contributed by atoms with van der Waals surface area (Å²) in [6.45, 7) is 0.116. The number of halogens is 1. The third-order valence-corrected chi connectivity index (χ3v) is 4.95. The number of amides is 4. The summed E-state index contributed by atoms with van der Waals surface area (Å²) in [7, 11) is 0. The second-order valence-electron chi connectivity index (χ2n) is 6.65. The SMILES string of the molecule is O=C(CCN1C(=O)NC2(CCCCC2)C1=O)NCc1ccccc1F. The number of carbonyl (C=O) groups is 3. The van der Waals surface area contributed by atoms with Gasteiger partial charge in [-0.25, -0.2) is 9.18 Å². The topological polar surface area (TPSA) is 78.5 Å². The summed E-state index contributed by atoms with van der Waals surface area (Å²) in [5.41, 5.74) is -0.370. The van der Waals surface area contributed by atoms with Crippen molar-refractivity contribution in [3.05, 3.63) is 35.6 Å². The van der Waals surface area contributed by atoms with Crippen molar-refractivity contribution in [1.82, 2.24) is 15.5 Å². The van der Waals surface area contributed by atoms with E-state index in [2.05, 4.69) is 10.6 Å². The third-order valence-electron chi connectivity index (χ3n) is 4.95.